The van der Waals surface area contributed by atoms with Gasteiger partial charge >= 0.3 is 5.97 Å². The van der Waals surface area contributed by atoms with Crippen LogP contribution in [0.1, 0.15) is 20.8 Å². The average Bonchev–Trinajstić information content (AvgIpc) is 2.46. The summed E-state index contributed by atoms with van der Waals surface area (Å²) in [5, 5.41) is 0.205. The molecule has 0 radical (unpaired) electrons. The number of rotatable bonds is 3. The van der Waals surface area contributed by atoms with E-state index in [2.05, 4.69) is 33.9 Å². The number of carbonyl (C=O) groups excluding carboxylic acids is 1. The van der Waals surface area contributed by atoms with Gasteiger partial charge in [-0.2, -0.15) is 0 Å². The summed E-state index contributed by atoms with van der Waals surface area (Å²) in [4.78, 5) is 10.8. The lowest BCUT2D eigenvalue weighted by Crippen LogP contribution is -2.41. The Morgan fingerprint density at radius 2 is 2.07 bits per heavy atom. The fourth-order valence-electron chi connectivity index (χ4n) is 0.987. The minimum absolute atomic E-state index is 0.205. The molecule has 1 heterocycles. The van der Waals surface area contributed by atoms with Crippen LogP contribution in [0.4, 0.5) is 0 Å². The van der Waals surface area contributed by atoms with E-state index in [4.69, 9.17) is 9.16 Å². The highest BCUT2D eigenvalue weighted by molar-refractivity contribution is 6.74. The number of cyclic esters (lactones) is 1. The van der Waals surface area contributed by atoms with Crippen molar-refractivity contribution in [1.82, 2.24) is 0 Å². The Hall–Kier alpha value is -0.613. The second-order valence-corrected chi connectivity index (χ2v) is 10.3. The summed E-state index contributed by atoms with van der Waals surface area (Å²) >= 11 is 0. The summed E-state index contributed by atoms with van der Waals surface area (Å²) in [5.41, 5.74) is 0.949. The summed E-state index contributed by atoms with van der Waals surface area (Å²) in [7, 11) is -1.70. The zero-order chi connectivity index (χ0) is 11.7. The molecule has 15 heavy (non-hydrogen) atoms. The molecule has 0 aromatic heterocycles. The third-order valence-electron chi connectivity index (χ3n) is 3.15. The van der Waals surface area contributed by atoms with Crippen molar-refractivity contribution in [2.45, 2.75) is 38.9 Å². The zero-order valence-corrected chi connectivity index (χ0v) is 11.2. The van der Waals surface area contributed by atoms with E-state index in [0.29, 0.717) is 13.2 Å². The third kappa shape index (κ3) is 3.17. The van der Waals surface area contributed by atoms with Crippen LogP contribution in [0.2, 0.25) is 18.1 Å². The zero-order valence-electron chi connectivity index (χ0n) is 10.2. The first-order valence-corrected chi connectivity index (χ1v) is 8.13. The van der Waals surface area contributed by atoms with Crippen molar-refractivity contribution < 1.29 is 14.0 Å². The van der Waals surface area contributed by atoms with Crippen LogP contribution in [-0.4, -0.2) is 27.5 Å². The Balaban J connectivity index is 2.50. The van der Waals surface area contributed by atoms with E-state index in [1.807, 2.05) is 0 Å². The van der Waals surface area contributed by atoms with Gasteiger partial charge in [-0.05, 0) is 23.7 Å². The summed E-state index contributed by atoms with van der Waals surface area (Å²) in [6.07, 6.45) is 1.53. The van der Waals surface area contributed by atoms with E-state index in [1.54, 1.807) is 0 Å². The van der Waals surface area contributed by atoms with E-state index in [-0.39, 0.29) is 11.0 Å². The Morgan fingerprint density at radius 3 is 2.47 bits per heavy atom. The van der Waals surface area contributed by atoms with Crippen LogP contribution in [-0.2, 0) is 14.0 Å². The van der Waals surface area contributed by atoms with Crippen LogP contribution in [0.25, 0.3) is 0 Å². The smallest absolute Gasteiger partial charge is 0.331 e. The van der Waals surface area contributed by atoms with Crippen molar-refractivity contribution in [1.29, 1.82) is 0 Å². The quantitative estimate of drug-likeness (QED) is 0.550. The summed E-state index contributed by atoms with van der Waals surface area (Å²) < 4.78 is 10.8. The van der Waals surface area contributed by atoms with E-state index in [9.17, 15) is 4.79 Å². The largest absolute Gasteiger partial charge is 0.458 e. The van der Waals surface area contributed by atoms with Gasteiger partial charge in [0.2, 0.25) is 0 Å². The minimum atomic E-state index is -1.70. The van der Waals surface area contributed by atoms with E-state index in [0.717, 1.165) is 5.57 Å². The fraction of sp³-hybridized carbons (Fsp3) is 0.727. The lowest BCUT2D eigenvalue weighted by molar-refractivity contribution is -0.134. The van der Waals surface area contributed by atoms with Gasteiger partial charge in [-0.25, -0.2) is 4.79 Å². The van der Waals surface area contributed by atoms with Crippen LogP contribution in [0.15, 0.2) is 11.6 Å². The van der Waals surface area contributed by atoms with Crippen LogP contribution < -0.4 is 0 Å². The molecule has 1 rings (SSSR count). The molecule has 4 heteroatoms. The van der Waals surface area contributed by atoms with Gasteiger partial charge in [-0.15, -0.1) is 0 Å². The predicted octanol–water partition coefficient (Wildman–Crippen LogP) is 2.49. The Morgan fingerprint density at radius 1 is 1.47 bits per heavy atom. The maximum atomic E-state index is 10.8. The molecule has 86 valence electrons. The molecule has 0 amide bonds. The van der Waals surface area contributed by atoms with Gasteiger partial charge in [0, 0.05) is 6.08 Å². The lowest BCUT2D eigenvalue weighted by Gasteiger charge is -2.36. The Bertz CT molecular complexity index is 287. The molecular formula is C11H20O3Si. The molecule has 0 aromatic rings. The fourth-order valence-corrected chi connectivity index (χ4v) is 1.97. The van der Waals surface area contributed by atoms with E-state index in [1.165, 1.54) is 6.08 Å². The second-order valence-electron chi connectivity index (χ2n) is 5.46. The first kappa shape index (κ1) is 12.5. The second kappa shape index (κ2) is 4.10. The van der Waals surface area contributed by atoms with Crippen molar-refractivity contribution in [2.24, 2.45) is 0 Å². The summed E-state index contributed by atoms with van der Waals surface area (Å²) in [6, 6.07) is 0. The molecule has 0 spiro atoms. The monoisotopic (exact) mass is 228 g/mol. The number of hydrogen-bond donors (Lipinski definition) is 0. The Kier molecular flexibility index (Phi) is 3.40. The molecule has 1 aliphatic rings. The number of esters is 1. The first-order chi connectivity index (χ1) is 6.72. The highest BCUT2D eigenvalue weighted by Crippen LogP contribution is 2.36. The lowest BCUT2D eigenvalue weighted by atomic mass is 10.2. The average molecular weight is 228 g/mol. The standard InChI is InChI=1S/C11H20O3Si/c1-11(2,3)15(4,5)14-8-9-6-10(12)13-7-9/h6H,7-8H2,1-5H3. The van der Waals surface area contributed by atoms with E-state index < -0.39 is 8.32 Å². The summed E-state index contributed by atoms with van der Waals surface area (Å²) in [5.74, 6) is -0.246. The maximum Gasteiger partial charge on any atom is 0.331 e. The van der Waals surface area contributed by atoms with Crippen molar-refractivity contribution in [3.63, 3.8) is 0 Å². The highest BCUT2D eigenvalue weighted by atomic mass is 28.4. The molecule has 3 nitrogen and oxygen atoms in total. The van der Waals surface area contributed by atoms with Crippen molar-refractivity contribution >= 4 is 14.3 Å². The molecule has 0 bridgehead atoms. The third-order valence-corrected chi connectivity index (χ3v) is 7.62. The normalized spacial score (nSPS) is 17.7. The SMILES string of the molecule is CC(C)(C)[Si](C)(C)OCC1=CC(=O)OC1. The molecule has 0 saturated carbocycles. The van der Waals surface area contributed by atoms with Gasteiger partial charge in [0.25, 0.3) is 0 Å². The Labute approximate surface area is 92.6 Å². The molecular weight excluding hydrogens is 208 g/mol. The molecule has 0 fully saturated rings. The van der Waals surface area contributed by atoms with Gasteiger partial charge in [-0.1, -0.05) is 20.8 Å². The minimum Gasteiger partial charge on any atom is -0.458 e. The maximum absolute atomic E-state index is 10.8. The summed E-state index contributed by atoms with van der Waals surface area (Å²) in [6.45, 7) is 11.9. The van der Waals surface area contributed by atoms with Crippen LogP contribution in [0, 0.1) is 0 Å². The van der Waals surface area contributed by atoms with Gasteiger partial charge in [0.05, 0.1) is 6.61 Å². The van der Waals surface area contributed by atoms with Crippen LogP contribution in [0.3, 0.4) is 0 Å². The van der Waals surface area contributed by atoms with Crippen molar-refractivity contribution in [3.05, 3.63) is 11.6 Å². The number of hydrogen-bond acceptors (Lipinski definition) is 3. The molecule has 0 atom stereocenters. The van der Waals surface area contributed by atoms with Gasteiger partial charge < -0.3 is 9.16 Å². The molecule has 0 aliphatic carbocycles. The number of ether oxygens (including phenoxy) is 1. The highest BCUT2D eigenvalue weighted by Gasteiger charge is 2.37. The van der Waals surface area contributed by atoms with Gasteiger partial charge in [-0.3, -0.25) is 0 Å². The molecule has 1 aliphatic heterocycles. The van der Waals surface area contributed by atoms with Crippen LogP contribution in [0.5, 0.6) is 0 Å². The number of carbonyl (C=O) groups is 1. The van der Waals surface area contributed by atoms with Crippen molar-refractivity contribution in [3.8, 4) is 0 Å². The van der Waals surface area contributed by atoms with E-state index >= 15 is 0 Å². The molecule has 0 aromatic carbocycles. The van der Waals surface area contributed by atoms with Gasteiger partial charge in [0.1, 0.15) is 6.61 Å². The molecule has 0 N–H and O–H groups in total. The van der Waals surface area contributed by atoms with Gasteiger partial charge in [0.15, 0.2) is 8.32 Å². The molecule has 0 unspecified atom stereocenters. The van der Waals surface area contributed by atoms with Crippen LogP contribution >= 0.6 is 0 Å². The molecule has 0 saturated heterocycles. The predicted molar refractivity (Wildman–Crippen MR) is 62.2 cm³/mol. The van der Waals surface area contributed by atoms with Crippen molar-refractivity contribution in [2.75, 3.05) is 13.2 Å². The topological polar surface area (TPSA) is 35.5 Å². The first-order valence-electron chi connectivity index (χ1n) is 5.22.